The van der Waals surface area contributed by atoms with E-state index < -0.39 is 11.5 Å². The molecule has 2 N–H and O–H groups in total. The fourth-order valence-corrected chi connectivity index (χ4v) is 1.82. The Labute approximate surface area is 119 Å². The standard InChI is InChI=1S/C13H14N2O6/c1-18-8-4-7(5-9(19-2)12(8)20-3)13(17)15-11(16)6-10(14)21-15/h4-6H,14H2,1-3H3. The summed E-state index contributed by atoms with van der Waals surface area (Å²) in [5.74, 6) is 0.0557. The summed E-state index contributed by atoms with van der Waals surface area (Å²) in [6, 6.07) is 3.83. The van der Waals surface area contributed by atoms with Gasteiger partial charge in [-0.15, -0.1) is 0 Å². The van der Waals surface area contributed by atoms with E-state index in [-0.39, 0.29) is 22.9 Å². The molecule has 0 unspecified atom stereocenters. The maximum atomic E-state index is 12.3. The van der Waals surface area contributed by atoms with Gasteiger partial charge in [0.25, 0.3) is 11.5 Å². The van der Waals surface area contributed by atoms with Crippen molar-refractivity contribution in [2.45, 2.75) is 0 Å². The minimum Gasteiger partial charge on any atom is -0.493 e. The van der Waals surface area contributed by atoms with Crippen LogP contribution in [0.2, 0.25) is 0 Å². The summed E-state index contributed by atoms with van der Waals surface area (Å²) < 4.78 is 20.8. The average Bonchev–Trinajstić information content (AvgIpc) is 2.83. The van der Waals surface area contributed by atoms with Gasteiger partial charge in [0.2, 0.25) is 11.6 Å². The molecule has 0 aliphatic rings. The highest BCUT2D eigenvalue weighted by atomic mass is 16.5. The first-order valence-corrected chi connectivity index (χ1v) is 5.85. The molecule has 8 heteroatoms. The van der Waals surface area contributed by atoms with E-state index in [4.69, 9.17) is 24.5 Å². The van der Waals surface area contributed by atoms with Crippen LogP contribution in [-0.2, 0) is 0 Å². The first kappa shape index (κ1) is 14.5. The zero-order valence-corrected chi connectivity index (χ0v) is 11.7. The zero-order chi connectivity index (χ0) is 15.6. The van der Waals surface area contributed by atoms with Crippen molar-refractivity contribution in [3.8, 4) is 17.2 Å². The molecule has 0 saturated heterocycles. The van der Waals surface area contributed by atoms with E-state index in [1.165, 1.54) is 33.5 Å². The number of carbonyl (C=O) groups excluding carboxylic acids is 1. The first-order chi connectivity index (χ1) is 10.0. The smallest absolute Gasteiger partial charge is 0.294 e. The van der Waals surface area contributed by atoms with Crippen molar-refractivity contribution < 1.29 is 23.5 Å². The number of hydrogen-bond donors (Lipinski definition) is 1. The van der Waals surface area contributed by atoms with Crippen molar-refractivity contribution >= 4 is 11.8 Å². The number of hydrogen-bond acceptors (Lipinski definition) is 7. The van der Waals surface area contributed by atoms with Gasteiger partial charge in [0.05, 0.1) is 33.0 Å². The molecule has 1 aromatic heterocycles. The van der Waals surface area contributed by atoms with Gasteiger partial charge in [-0.3, -0.25) is 9.59 Å². The van der Waals surface area contributed by atoms with Crippen molar-refractivity contribution in [3.05, 3.63) is 34.1 Å². The van der Waals surface area contributed by atoms with Crippen molar-refractivity contribution in [2.75, 3.05) is 27.1 Å². The van der Waals surface area contributed by atoms with Gasteiger partial charge in [-0.05, 0) is 12.1 Å². The van der Waals surface area contributed by atoms with E-state index in [1.807, 2.05) is 0 Å². The zero-order valence-electron chi connectivity index (χ0n) is 11.7. The second-order valence-electron chi connectivity index (χ2n) is 3.99. The lowest BCUT2D eigenvalue weighted by Gasteiger charge is -2.13. The normalized spacial score (nSPS) is 10.2. The molecule has 0 bridgehead atoms. The van der Waals surface area contributed by atoms with Gasteiger partial charge in [-0.25, -0.2) is 0 Å². The lowest BCUT2D eigenvalue weighted by Crippen LogP contribution is -2.22. The first-order valence-electron chi connectivity index (χ1n) is 5.85. The summed E-state index contributed by atoms with van der Waals surface area (Å²) >= 11 is 0. The number of anilines is 1. The number of benzene rings is 1. The van der Waals surface area contributed by atoms with E-state index in [0.29, 0.717) is 10.5 Å². The fraction of sp³-hybridized carbons (Fsp3) is 0.231. The number of methoxy groups -OCH3 is 3. The Hall–Kier alpha value is -2.90. The molecule has 0 aliphatic heterocycles. The summed E-state index contributed by atoms with van der Waals surface area (Å²) in [5.41, 5.74) is 4.81. The number of aromatic nitrogens is 1. The van der Waals surface area contributed by atoms with E-state index in [2.05, 4.69) is 0 Å². The lowest BCUT2D eigenvalue weighted by atomic mass is 10.1. The van der Waals surface area contributed by atoms with Crippen LogP contribution in [0.25, 0.3) is 0 Å². The molecular formula is C13H14N2O6. The van der Waals surface area contributed by atoms with Crippen molar-refractivity contribution in [2.24, 2.45) is 0 Å². The number of ether oxygens (including phenoxy) is 3. The molecule has 0 amide bonds. The highest BCUT2D eigenvalue weighted by Gasteiger charge is 2.20. The highest BCUT2D eigenvalue weighted by Crippen LogP contribution is 2.38. The van der Waals surface area contributed by atoms with Crippen LogP contribution in [0.15, 0.2) is 27.5 Å². The number of nitrogen functional groups attached to an aromatic ring is 1. The van der Waals surface area contributed by atoms with E-state index in [1.54, 1.807) is 0 Å². The molecule has 0 aliphatic carbocycles. The topological polar surface area (TPSA) is 106 Å². The second-order valence-corrected chi connectivity index (χ2v) is 3.99. The number of carbonyl (C=O) groups is 1. The molecule has 2 aromatic rings. The van der Waals surface area contributed by atoms with E-state index in [9.17, 15) is 9.59 Å². The molecule has 112 valence electrons. The van der Waals surface area contributed by atoms with Gasteiger partial charge in [-0.1, -0.05) is 4.74 Å². The average molecular weight is 294 g/mol. The molecule has 8 nitrogen and oxygen atoms in total. The molecular weight excluding hydrogens is 280 g/mol. The van der Waals surface area contributed by atoms with Crippen LogP contribution < -0.4 is 25.5 Å². The third kappa shape index (κ3) is 2.55. The molecule has 21 heavy (non-hydrogen) atoms. The predicted molar refractivity (Wildman–Crippen MR) is 73.2 cm³/mol. The van der Waals surface area contributed by atoms with Crippen LogP contribution in [0, 0.1) is 0 Å². The Morgan fingerprint density at radius 1 is 1.10 bits per heavy atom. The van der Waals surface area contributed by atoms with Gasteiger partial charge in [-0.2, -0.15) is 0 Å². The molecule has 0 fully saturated rings. The molecule has 1 aromatic carbocycles. The Bertz CT molecular complexity index is 705. The maximum absolute atomic E-state index is 12.3. The highest BCUT2D eigenvalue weighted by molar-refractivity contribution is 5.96. The summed E-state index contributed by atoms with van der Waals surface area (Å²) in [6.45, 7) is 0. The third-order valence-electron chi connectivity index (χ3n) is 2.76. The van der Waals surface area contributed by atoms with Crippen LogP contribution in [0.5, 0.6) is 17.2 Å². The van der Waals surface area contributed by atoms with Crippen molar-refractivity contribution in [3.63, 3.8) is 0 Å². The summed E-state index contributed by atoms with van der Waals surface area (Å²) in [4.78, 5) is 23.8. The minimum atomic E-state index is -0.698. The summed E-state index contributed by atoms with van der Waals surface area (Å²) in [5, 5.41) is 0. The van der Waals surface area contributed by atoms with Crippen molar-refractivity contribution in [1.29, 1.82) is 0 Å². The van der Waals surface area contributed by atoms with Gasteiger partial charge in [0.1, 0.15) is 0 Å². The van der Waals surface area contributed by atoms with E-state index in [0.717, 1.165) is 6.07 Å². The quantitative estimate of drug-likeness (QED) is 0.886. The van der Waals surface area contributed by atoms with Crippen LogP contribution in [0.1, 0.15) is 10.4 Å². The number of rotatable bonds is 4. The van der Waals surface area contributed by atoms with Gasteiger partial charge >= 0.3 is 0 Å². The largest absolute Gasteiger partial charge is 0.493 e. The molecule has 1 heterocycles. The number of nitrogens with two attached hydrogens (primary N) is 1. The lowest BCUT2D eigenvalue weighted by molar-refractivity contribution is 0.0845. The SMILES string of the molecule is COc1cc(C(=O)n2oc(N)cc2=O)cc(OC)c1OC. The van der Waals surface area contributed by atoms with E-state index >= 15 is 0 Å². The van der Waals surface area contributed by atoms with Crippen molar-refractivity contribution in [1.82, 2.24) is 4.74 Å². The van der Waals surface area contributed by atoms with Crippen LogP contribution in [0.4, 0.5) is 5.88 Å². The van der Waals surface area contributed by atoms with Crippen LogP contribution >= 0.6 is 0 Å². The Morgan fingerprint density at radius 3 is 2.05 bits per heavy atom. The third-order valence-corrected chi connectivity index (χ3v) is 2.76. The van der Waals surface area contributed by atoms with Gasteiger partial charge in [0.15, 0.2) is 11.5 Å². The molecule has 2 rings (SSSR count). The molecule has 0 spiro atoms. The predicted octanol–water partition coefficient (Wildman–Crippen LogP) is 0.738. The Kier molecular flexibility index (Phi) is 3.88. The second kappa shape index (κ2) is 5.61. The Morgan fingerprint density at radius 2 is 1.67 bits per heavy atom. The summed E-state index contributed by atoms with van der Waals surface area (Å²) in [6.07, 6.45) is 0. The molecule has 0 radical (unpaired) electrons. The minimum absolute atomic E-state index is 0.126. The van der Waals surface area contributed by atoms with Crippen LogP contribution in [0.3, 0.4) is 0 Å². The number of nitrogens with zero attached hydrogens (tertiary/aromatic N) is 1. The van der Waals surface area contributed by atoms with Gasteiger partial charge in [0, 0.05) is 0 Å². The Balaban J connectivity index is 2.56. The molecule has 0 atom stereocenters. The fourth-order valence-electron chi connectivity index (χ4n) is 1.82. The van der Waals surface area contributed by atoms with Crippen LogP contribution in [-0.4, -0.2) is 32.0 Å². The van der Waals surface area contributed by atoms with Gasteiger partial charge < -0.3 is 24.5 Å². The maximum Gasteiger partial charge on any atom is 0.294 e. The monoisotopic (exact) mass is 294 g/mol. The summed E-state index contributed by atoms with van der Waals surface area (Å²) in [7, 11) is 4.28. The molecule has 0 saturated carbocycles.